The number of aliphatic imine (C=N–C) groups is 1. The maximum atomic E-state index is 13.9. The van der Waals surface area contributed by atoms with Gasteiger partial charge in [0, 0.05) is 19.4 Å². The first kappa shape index (κ1) is 41.3. The van der Waals surface area contributed by atoms with Crippen LogP contribution in [-0.2, 0) is 36.8 Å². The van der Waals surface area contributed by atoms with Crippen LogP contribution < -0.4 is 38.5 Å². The van der Waals surface area contributed by atoms with Crippen molar-refractivity contribution in [1.82, 2.24) is 21.3 Å². The van der Waals surface area contributed by atoms with Gasteiger partial charge in [-0.15, -0.1) is 0 Å². The molecule has 0 aliphatic heterocycles. The Hall–Kier alpha value is -4.87. The lowest BCUT2D eigenvalue weighted by atomic mass is 10.0. The zero-order valence-electron chi connectivity index (χ0n) is 28.1. The minimum absolute atomic E-state index is 0.00445. The van der Waals surface area contributed by atoms with Crippen molar-refractivity contribution in [1.29, 1.82) is 0 Å². The lowest BCUT2D eigenvalue weighted by Gasteiger charge is -2.27. The number of carboxylic acid groups (broad SMARTS) is 1. The van der Waals surface area contributed by atoms with Crippen molar-refractivity contribution >= 4 is 47.3 Å². The van der Waals surface area contributed by atoms with Gasteiger partial charge < -0.3 is 53.8 Å². The molecule has 17 heteroatoms. The van der Waals surface area contributed by atoms with Gasteiger partial charge in [0.15, 0.2) is 5.96 Å². The lowest BCUT2D eigenvalue weighted by Crippen LogP contribution is -2.60. The van der Waals surface area contributed by atoms with E-state index in [9.17, 15) is 39.3 Å². The van der Waals surface area contributed by atoms with E-state index in [-0.39, 0.29) is 50.4 Å². The van der Waals surface area contributed by atoms with Crippen molar-refractivity contribution in [3.8, 4) is 5.75 Å². The molecule has 0 saturated carbocycles. The van der Waals surface area contributed by atoms with Crippen molar-refractivity contribution in [2.45, 2.75) is 75.3 Å². The van der Waals surface area contributed by atoms with Crippen LogP contribution in [0.15, 0.2) is 59.6 Å². The zero-order valence-corrected chi connectivity index (χ0v) is 28.9. The number of hydrogen-bond donors (Lipinski definition) is 10. The first-order chi connectivity index (χ1) is 23.7. The summed E-state index contributed by atoms with van der Waals surface area (Å²) in [6.07, 6.45) is 1.000. The van der Waals surface area contributed by atoms with Gasteiger partial charge in [-0.05, 0) is 61.5 Å². The number of phenols is 1. The van der Waals surface area contributed by atoms with E-state index < -0.39 is 65.9 Å². The first-order valence-electron chi connectivity index (χ1n) is 16.0. The van der Waals surface area contributed by atoms with E-state index in [0.29, 0.717) is 16.9 Å². The van der Waals surface area contributed by atoms with Crippen LogP contribution in [0.4, 0.5) is 0 Å². The molecule has 50 heavy (non-hydrogen) atoms. The van der Waals surface area contributed by atoms with Crippen LogP contribution in [0.5, 0.6) is 5.75 Å². The Labute approximate surface area is 295 Å². The molecule has 0 radical (unpaired) electrons. The SMILES string of the molecule is CSCC[C@H](NC(=O)[C@H](Cc1ccccc1)NC(=O)[C@H](Cc1ccc(O)cc1)NC(=O)[C@@H](N)[C@@H](C)O)C(=O)N[C@@H](CCCN=C(N)N)C(=O)O. The molecule has 0 spiro atoms. The van der Waals surface area contributed by atoms with Gasteiger partial charge in [0.1, 0.15) is 36.0 Å². The Morgan fingerprint density at radius 2 is 1.26 bits per heavy atom. The highest BCUT2D eigenvalue weighted by Gasteiger charge is 2.32. The number of aromatic hydroxyl groups is 1. The molecule has 0 aliphatic carbocycles. The fourth-order valence-corrected chi connectivity index (χ4v) is 5.18. The largest absolute Gasteiger partial charge is 0.508 e. The third kappa shape index (κ3) is 14.7. The number of hydrogen-bond acceptors (Lipinski definition) is 10. The third-order valence-corrected chi connectivity index (χ3v) is 8.19. The predicted molar refractivity (Wildman–Crippen MR) is 190 cm³/mol. The van der Waals surface area contributed by atoms with Gasteiger partial charge in [-0.2, -0.15) is 11.8 Å². The highest BCUT2D eigenvalue weighted by molar-refractivity contribution is 7.98. The Morgan fingerprint density at radius 1 is 0.760 bits per heavy atom. The number of nitrogens with two attached hydrogens (primary N) is 3. The second-order valence-corrected chi connectivity index (χ2v) is 12.6. The number of carbonyl (C=O) groups is 5. The van der Waals surface area contributed by atoms with E-state index in [2.05, 4.69) is 26.3 Å². The summed E-state index contributed by atoms with van der Waals surface area (Å²) in [5.41, 5.74) is 17.7. The molecule has 0 heterocycles. The summed E-state index contributed by atoms with van der Waals surface area (Å²) in [5, 5.41) is 39.7. The Morgan fingerprint density at radius 3 is 1.78 bits per heavy atom. The lowest BCUT2D eigenvalue weighted by molar-refractivity contribution is -0.142. The van der Waals surface area contributed by atoms with E-state index in [1.165, 1.54) is 30.8 Å². The predicted octanol–water partition coefficient (Wildman–Crippen LogP) is -1.28. The summed E-state index contributed by atoms with van der Waals surface area (Å²) in [4.78, 5) is 69.6. The number of aliphatic hydroxyl groups is 1. The highest BCUT2D eigenvalue weighted by atomic mass is 32.2. The molecular weight excluding hydrogens is 668 g/mol. The molecule has 4 amide bonds. The normalized spacial score (nSPS) is 14.5. The Kier molecular flexibility index (Phi) is 17.6. The number of guanidine groups is 1. The molecule has 2 aromatic carbocycles. The van der Waals surface area contributed by atoms with E-state index >= 15 is 0 Å². The summed E-state index contributed by atoms with van der Waals surface area (Å²) in [6, 6.07) is 8.48. The van der Waals surface area contributed by atoms with E-state index in [4.69, 9.17) is 17.2 Å². The number of amides is 4. The molecule has 0 saturated heterocycles. The maximum Gasteiger partial charge on any atom is 0.326 e. The number of carboxylic acids is 1. The standard InChI is InChI=1S/C33H48N8O8S/c1-19(42)27(34)31(47)41-26(18-21-10-12-22(43)13-11-21)30(46)40-25(17-20-7-4-3-5-8-20)29(45)38-23(14-16-50-2)28(44)39-24(32(48)49)9-6-15-37-33(35)36/h3-5,7-8,10-13,19,23-27,42-43H,6,9,14-18,34H2,1-2H3,(H,38,45)(H,39,44)(H,40,46)(H,41,47)(H,48,49)(H4,35,36,37)/t19-,23+,24+,25+,26+,27+/m1/s1. The van der Waals surface area contributed by atoms with Crippen molar-refractivity contribution in [3.63, 3.8) is 0 Å². The number of aliphatic hydroxyl groups excluding tert-OH is 1. The maximum absolute atomic E-state index is 13.9. The zero-order chi connectivity index (χ0) is 37.2. The van der Waals surface area contributed by atoms with E-state index in [0.717, 1.165) is 0 Å². The van der Waals surface area contributed by atoms with Crippen molar-refractivity contribution in [2.75, 3.05) is 18.6 Å². The number of rotatable bonds is 21. The number of thioether (sulfide) groups is 1. The van der Waals surface area contributed by atoms with Crippen LogP contribution in [0.25, 0.3) is 0 Å². The first-order valence-corrected chi connectivity index (χ1v) is 17.3. The van der Waals surface area contributed by atoms with Gasteiger partial charge >= 0.3 is 5.97 Å². The molecule has 0 aliphatic rings. The minimum atomic E-state index is -1.34. The van der Waals surface area contributed by atoms with E-state index in [1.807, 2.05) is 6.26 Å². The number of carbonyl (C=O) groups excluding carboxylic acids is 4. The number of nitrogens with zero attached hydrogens (tertiary/aromatic N) is 1. The van der Waals surface area contributed by atoms with Crippen molar-refractivity contribution in [3.05, 3.63) is 65.7 Å². The average Bonchev–Trinajstić information content (AvgIpc) is 3.07. The van der Waals surface area contributed by atoms with Crippen LogP contribution in [0.1, 0.15) is 37.3 Å². The summed E-state index contributed by atoms with van der Waals surface area (Å²) in [5.74, 6) is -3.98. The highest BCUT2D eigenvalue weighted by Crippen LogP contribution is 2.13. The molecule has 2 rings (SSSR count). The number of benzene rings is 2. The topological polar surface area (TPSA) is 285 Å². The van der Waals surface area contributed by atoms with Gasteiger partial charge in [-0.25, -0.2) is 4.79 Å². The Balaban J connectivity index is 2.34. The van der Waals surface area contributed by atoms with Crippen LogP contribution in [0.2, 0.25) is 0 Å². The molecule has 0 unspecified atom stereocenters. The van der Waals surface area contributed by atoms with Gasteiger partial charge in [-0.1, -0.05) is 42.5 Å². The molecule has 274 valence electrons. The number of phenolic OH excluding ortho intramolecular Hbond substituents is 1. The van der Waals surface area contributed by atoms with Gasteiger partial charge in [0.05, 0.1) is 6.10 Å². The molecule has 0 bridgehead atoms. The second-order valence-electron chi connectivity index (χ2n) is 11.6. The second kappa shape index (κ2) is 21.3. The summed E-state index contributed by atoms with van der Waals surface area (Å²) >= 11 is 1.42. The van der Waals surface area contributed by atoms with Crippen LogP contribution in [0, 0.1) is 0 Å². The fraction of sp³-hybridized carbons (Fsp3) is 0.455. The summed E-state index contributed by atoms with van der Waals surface area (Å²) in [7, 11) is 0. The van der Waals surface area contributed by atoms with E-state index in [1.54, 1.807) is 42.5 Å². The van der Waals surface area contributed by atoms with Gasteiger partial charge in [-0.3, -0.25) is 24.2 Å². The molecule has 0 fully saturated rings. The third-order valence-electron chi connectivity index (χ3n) is 7.55. The fourth-order valence-electron chi connectivity index (χ4n) is 4.71. The Bertz CT molecular complexity index is 1440. The number of nitrogens with one attached hydrogen (secondary N) is 4. The van der Waals surface area contributed by atoms with Gasteiger partial charge in [0.2, 0.25) is 23.6 Å². The molecular formula is C33H48N8O8S. The van der Waals surface area contributed by atoms with Crippen LogP contribution in [-0.4, -0.2) is 106 Å². The molecule has 13 N–H and O–H groups in total. The van der Waals surface area contributed by atoms with Crippen molar-refractivity contribution < 1.29 is 39.3 Å². The summed E-state index contributed by atoms with van der Waals surface area (Å²) < 4.78 is 0. The van der Waals surface area contributed by atoms with Gasteiger partial charge in [0.25, 0.3) is 0 Å². The van der Waals surface area contributed by atoms with Crippen molar-refractivity contribution in [2.24, 2.45) is 22.2 Å². The van der Waals surface area contributed by atoms with Crippen LogP contribution in [0.3, 0.4) is 0 Å². The summed E-state index contributed by atoms with van der Waals surface area (Å²) in [6.45, 7) is 1.49. The average molecular weight is 717 g/mol. The molecule has 6 atom stereocenters. The quantitative estimate of drug-likeness (QED) is 0.0411. The smallest absolute Gasteiger partial charge is 0.326 e. The number of aliphatic carboxylic acids is 1. The minimum Gasteiger partial charge on any atom is -0.508 e. The molecule has 16 nitrogen and oxygen atoms in total. The molecule has 0 aromatic heterocycles. The monoisotopic (exact) mass is 716 g/mol. The molecule has 2 aromatic rings. The van der Waals surface area contributed by atoms with Crippen LogP contribution >= 0.6 is 11.8 Å².